The first-order valence-corrected chi connectivity index (χ1v) is 9.28. The summed E-state index contributed by atoms with van der Waals surface area (Å²) in [6.45, 7) is 5.66. The van der Waals surface area contributed by atoms with Gasteiger partial charge in [-0.15, -0.1) is 0 Å². The highest BCUT2D eigenvalue weighted by Crippen LogP contribution is 2.41. The Kier molecular flexibility index (Phi) is 5.59. The Morgan fingerprint density at radius 3 is 2.63 bits per heavy atom. The molecule has 1 aromatic rings. The maximum Gasteiger partial charge on any atom is 0.329 e. The maximum atomic E-state index is 12.7. The summed E-state index contributed by atoms with van der Waals surface area (Å²) < 4.78 is 21.2. The lowest BCUT2D eigenvalue weighted by Crippen LogP contribution is -2.42. The van der Waals surface area contributed by atoms with Gasteiger partial charge >= 0.3 is 5.97 Å². The van der Waals surface area contributed by atoms with Crippen LogP contribution in [0.1, 0.15) is 26.3 Å². The molecule has 0 saturated carbocycles. The SMILES string of the molecule is CCOC(=O)[C@H](C)N1C(=O)S/C(=C\c2cc3c(cc2OCC)OCO3)C1=O. The van der Waals surface area contributed by atoms with Gasteiger partial charge in [-0.3, -0.25) is 14.5 Å². The molecular formula is C18H19NO7S. The molecule has 1 atom stereocenters. The van der Waals surface area contributed by atoms with Gasteiger partial charge in [-0.25, -0.2) is 4.79 Å². The van der Waals surface area contributed by atoms with E-state index in [1.165, 1.54) is 6.92 Å². The van der Waals surface area contributed by atoms with Crippen LogP contribution in [0.3, 0.4) is 0 Å². The van der Waals surface area contributed by atoms with Crippen LogP contribution in [0.5, 0.6) is 17.2 Å². The quantitative estimate of drug-likeness (QED) is 0.538. The molecule has 2 aliphatic rings. The van der Waals surface area contributed by atoms with E-state index in [4.69, 9.17) is 18.9 Å². The summed E-state index contributed by atoms with van der Waals surface area (Å²) in [5.41, 5.74) is 0.579. The number of amides is 2. The van der Waals surface area contributed by atoms with Gasteiger partial charge < -0.3 is 18.9 Å². The predicted octanol–water partition coefficient (Wildman–Crippen LogP) is 2.80. The van der Waals surface area contributed by atoms with Gasteiger partial charge in [-0.2, -0.15) is 0 Å². The van der Waals surface area contributed by atoms with Crippen LogP contribution < -0.4 is 14.2 Å². The van der Waals surface area contributed by atoms with Gasteiger partial charge in [0.2, 0.25) is 6.79 Å². The normalized spacial score (nSPS) is 18.2. The van der Waals surface area contributed by atoms with Crippen LogP contribution in [0.25, 0.3) is 6.08 Å². The molecule has 2 heterocycles. The highest BCUT2D eigenvalue weighted by atomic mass is 32.2. The number of rotatable bonds is 6. The number of hydrogen-bond donors (Lipinski definition) is 0. The van der Waals surface area contributed by atoms with Crippen molar-refractivity contribution in [2.45, 2.75) is 26.8 Å². The number of carbonyl (C=O) groups is 3. The lowest BCUT2D eigenvalue weighted by molar-refractivity contribution is -0.150. The first-order valence-electron chi connectivity index (χ1n) is 8.46. The van der Waals surface area contributed by atoms with Crippen LogP contribution in [-0.2, 0) is 14.3 Å². The molecule has 9 heteroatoms. The number of imide groups is 1. The number of esters is 1. The fourth-order valence-electron chi connectivity index (χ4n) is 2.66. The highest BCUT2D eigenvalue weighted by Gasteiger charge is 2.41. The first-order chi connectivity index (χ1) is 13.0. The third-order valence-corrected chi connectivity index (χ3v) is 4.81. The largest absolute Gasteiger partial charge is 0.493 e. The van der Waals surface area contributed by atoms with Crippen molar-refractivity contribution in [3.8, 4) is 17.2 Å². The van der Waals surface area contributed by atoms with E-state index in [9.17, 15) is 14.4 Å². The minimum absolute atomic E-state index is 0.109. The number of thioether (sulfide) groups is 1. The van der Waals surface area contributed by atoms with Gasteiger partial charge in [0.1, 0.15) is 11.8 Å². The molecule has 1 saturated heterocycles. The molecular weight excluding hydrogens is 374 g/mol. The standard InChI is InChI=1S/C18H19NO7S/c1-4-23-12-8-14-13(25-9-26-14)6-11(12)7-15-16(20)19(18(22)27-15)10(3)17(21)24-5-2/h6-8,10H,4-5,9H2,1-3H3/b15-7-/t10-/m0/s1. The second kappa shape index (κ2) is 7.91. The molecule has 3 rings (SSSR count). The van der Waals surface area contributed by atoms with Crippen molar-refractivity contribution in [2.75, 3.05) is 20.0 Å². The summed E-state index contributed by atoms with van der Waals surface area (Å²) in [7, 11) is 0. The molecule has 144 valence electrons. The van der Waals surface area contributed by atoms with Crippen molar-refractivity contribution in [3.05, 3.63) is 22.6 Å². The van der Waals surface area contributed by atoms with Gasteiger partial charge in [-0.05, 0) is 44.7 Å². The number of fused-ring (bicyclic) bond motifs is 1. The molecule has 0 unspecified atom stereocenters. The molecule has 0 bridgehead atoms. The molecule has 1 fully saturated rings. The van der Waals surface area contributed by atoms with Crippen molar-refractivity contribution < 1.29 is 33.3 Å². The average Bonchev–Trinajstić information content (AvgIpc) is 3.19. The highest BCUT2D eigenvalue weighted by molar-refractivity contribution is 8.18. The van der Waals surface area contributed by atoms with Gasteiger partial charge in [0.15, 0.2) is 11.5 Å². The van der Waals surface area contributed by atoms with E-state index in [1.807, 2.05) is 6.92 Å². The van der Waals surface area contributed by atoms with Crippen LogP contribution >= 0.6 is 11.8 Å². The van der Waals surface area contributed by atoms with Gasteiger partial charge in [0.25, 0.3) is 11.1 Å². The minimum Gasteiger partial charge on any atom is -0.493 e. The zero-order valence-electron chi connectivity index (χ0n) is 15.1. The van der Waals surface area contributed by atoms with Crippen molar-refractivity contribution in [1.29, 1.82) is 0 Å². The number of hydrogen-bond acceptors (Lipinski definition) is 8. The minimum atomic E-state index is -0.994. The van der Waals surface area contributed by atoms with E-state index in [1.54, 1.807) is 25.1 Å². The summed E-state index contributed by atoms with van der Waals surface area (Å²) in [6, 6.07) is 2.38. The third-order valence-electron chi connectivity index (χ3n) is 3.93. The molecule has 1 aromatic carbocycles. The van der Waals surface area contributed by atoms with E-state index >= 15 is 0 Å². The Labute approximate surface area is 160 Å². The van der Waals surface area contributed by atoms with E-state index in [0.29, 0.717) is 29.4 Å². The van der Waals surface area contributed by atoms with Crippen LogP contribution in [0.4, 0.5) is 4.79 Å². The summed E-state index contributed by atoms with van der Waals surface area (Å²) in [5, 5.41) is -0.523. The van der Waals surface area contributed by atoms with E-state index in [0.717, 1.165) is 16.7 Å². The zero-order valence-corrected chi connectivity index (χ0v) is 16.0. The summed E-state index contributed by atoms with van der Waals surface area (Å²) in [4.78, 5) is 38.0. The summed E-state index contributed by atoms with van der Waals surface area (Å²) in [5.74, 6) is 0.417. The van der Waals surface area contributed by atoms with Crippen molar-refractivity contribution in [1.82, 2.24) is 4.90 Å². The Morgan fingerprint density at radius 2 is 1.96 bits per heavy atom. The Morgan fingerprint density at radius 1 is 1.26 bits per heavy atom. The fraction of sp³-hybridized carbons (Fsp3) is 0.389. The van der Waals surface area contributed by atoms with Crippen LogP contribution in [0, 0.1) is 0 Å². The first kappa shape index (κ1) is 19.1. The smallest absolute Gasteiger partial charge is 0.329 e. The van der Waals surface area contributed by atoms with E-state index < -0.39 is 23.2 Å². The van der Waals surface area contributed by atoms with E-state index in [-0.39, 0.29) is 18.3 Å². The monoisotopic (exact) mass is 393 g/mol. The Hall–Kier alpha value is -2.68. The Balaban J connectivity index is 1.91. The number of benzene rings is 1. The van der Waals surface area contributed by atoms with Gasteiger partial charge in [-0.1, -0.05) is 0 Å². The number of carbonyl (C=O) groups excluding carboxylic acids is 3. The molecule has 0 radical (unpaired) electrons. The molecule has 0 aromatic heterocycles. The van der Waals surface area contributed by atoms with E-state index in [2.05, 4.69) is 0 Å². The lowest BCUT2D eigenvalue weighted by Gasteiger charge is -2.19. The second-order valence-corrected chi connectivity index (χ2v) is 6.65. The van der Waals surface area contributed by atoms with Crippen LogP contribution in [0.15, 0.2) is 17.0 Å². The maximum absolute atomic E-state index is 12.7. The zero-order chi connectivity index (χ0) is 19.6. The summed E-state index contributed by atoms with van der Waals surface area (Å²) in [6.07, 6.45) is 1.55. The lowest BCUT2D eigenvalue weighted by atomic mass is 10.1. The van der Waals surface area contributed by atoms with Gasteiger partial charge in [0, 0.05) is 11.6 Å². The van der Waals surface area contributed by atoms with Crippen molar-refractivity contribution in [3.63, 3.8) is 0 Å². The number of nitrogens with zero attached hydrogens (tertiary/aromatic N) is 1. The molecule has 0 spiro atoms. The average molecular weight is 393 g/mol. The van der Waals surface area contributed by atoms with Crippen molar-refractivity contribution >= 4 is 35.0 Å². The topological polar surface area (TPSA) is 91.4 Å². The molecule has 0 N–H and O–H groups in total. The molecule has 0 aliphatic carbocycles. The second-order valence-electron chi connectivity index (χ2n) is 5.66. The Bertz CT molecular complexity index is 820. The third kappa shape index (κ3) is 3.73. The molecule has 2 amide bonds. The molecule has 2 aliphatic heterocycles. The number of ether oxygens (including phenoxy) is 4. The fourth-order valence-corrected chi connectivity index (χ4v) is 3.55. The molecule has 27 heavy (non-hydrogen) atoms. The predicted molar refractivity (Wildman–Crippen MR) is 97.6 cm³/mol. The van der Waals surface area contributed by atoms with Crippen LogP contribution in [-0.4, -0.2) is 48.1 Å². The van der Waals surface area contributed by atoms with Crippen molar-refractivity contribution in [2.24, 2.45) is 0 Å². The van der Waals surface area contributed by atoms with Gasteiger partial charge in [0.05, 0.1) is 18.1 Å². The summed E-state index contributed by atoms with van der Waals surface area (Å²) >= 11 is 0.764. The molecule has 8 nitrogen and oxygen atoms in total. The van der Waals surface area contributed by atoms with Crippen LogP contribution in [0.2, 0.25) is 0 Å².